The van der Waals surface area contributed by atoms with Crippen LogP contribution in [0.3, 0.4) is 0 Å². The van der Waals surface area contributed by atoms with Crippen LogP contribution >= 0.6 is 15.9 Å². The predicted octanol–water partition coefficient (Wildman–Crippen LogP) is 3.49. The molecule has 0 atom stereocenters. The van der Waals surface area contributed by atoms with Crippen molar-refractivity contribution < 1.29 is 10.0 Å². The van der Waals surface area contributed by atoms with Crippen molar-refractivity contribution in [3.63, 3.8) is 0 Å². The Bertz CT molecular complexity index is 661. The standard InChI is InChI=1S/C15H15BrN2O3/c1-17(9-11-4-2-3-5-14(11)16)13-6-7-15(18(20)21)12(8-13)10-19/h2-8,19H,9-10H2,1H3. The minimum Gasteiger partial charge on any atom is -0.391 e. The summed E-state index contributed by atoms with van der Waals surface area (Å²) in [6.45, 7) is 0.303. The van der Waals surface area contributed by atoms with Gasteiger partial charge in [-0.3, -0.25) is 10.1 Å². The van der Waals surface area contributed by atoms with Crippen LogP contribution < -0.4 is 4.90 Å². The summed E-state index contributed by atoms with van der Waals surface area (Å²) >= 11 is 3.50. The Morgan fingerprint density at radius 3 is 2.57 bits per heavy atom. The molecule has 6 heteroatoms. The fourth-order valence-electron chi connectivity index (χ4n) is 2.09. The normalized spacial score (nSPS) is 10.4. The third kappa shape index (κ3) is 3.59. The van der Waals surface area contributed by atoms with Crippen molar-refractivity contribution in [3.8, 4) is 0 Å². The Kier molecular flexibility index (Phi) is 4.93. The van der Waals surface area contributed by atoms with Crippen molar-refractivity contribution in [2.45, 2.75) is 13.2 Å². The molecule has 0 aliphatic rings. The molecule has 1 N–H and O–H groups in total. The quantitative estimate of drug-likeness (QED) is 0.662. The first-order valence-corrected chi connectivity index (χ1v) is 7.15. The van der Waals surface area contributed by atoms with Crippen LogP contribution in [0.1, 0.15) is 11.1 Å². The third-order valence-corrected chi connectivity index (χ3v) is 4.01. The first-order valence-electron chi connectivity index (χ1n) is 6.35. The highest BCUT2D eigenvalue weighted by Crippen LogP contribution is 2.26. The number of nitro groups is 1. The van der Waals surface area contributed by atoms with Crippen molar-refractivity contribution >= 4 is 27.3 Å². The van der Waals surface area contributed by atoms with Gasteiger partial charge in [-0.05, 0) is 23.8 Å². The van der Waals surface area contributed by atoms with Crippen molar-refractivity contribution in [3.05, 3.63) is 68.2 Å². The summed E-state index contributed by atoms with van der Waals surface area (Å²) in [7, 11) is 1.90. The van der Waals surface area contributed by atoms with E-state index in [2.05, 4.69) is 15.9 Å². The fourth-order valence-corrected chi connectivity index (χ4v) is 2.50. The number of nitrogens with zero attached hydrogens (tertiary/aromatic N) is 2. The number of anilines is 1. The highest BCUT2D eigenvalue weighted by molar-refractivity contribution is 9.10. The smallest absolute Gasteiger partial charge is 0.275 e. The number of benzene rings is 2. The van der Waals surface area contributed by atoms with Crippen LogP contribution in [0.25, 0.3) is 0 Å². The number of hydrogen-bond donors (Lipinski definition) is 1. The molecule has 0 bridgehead atoms. The van der Waals surface area contributed by atoms with Gasteiger partial charge in [-0.15, -0.1) is 0 Å². The van der Waals surface area contributed by atoms with Crippen molar-refractivity contribution in [2.24, 2.45) is 0 Å². The average Bonchev–Trinajstić information content (AvgIpc) is 2.48. The Balaban J connectivity index is 2.25. The average molecular weight is 351 g/mol. The number of hydrogen-bond acceptors (Lipinski definition) is 4. The maximum atomic E-state index is 10.9. The van der Waals surface area contributed by atoms with Crippen LogP contribution in [0.5, 0.6) is 0 Å². The molecule has 0 fully saturated rings. The molecule has 0 unspecified atom stereocenters. The van der Waals surface area contributed by atoms with Gasteiger partial charge in [0.05, 0.1) is 17.1 Å². The van der Waals surface area contributed by atoms with E-state index in [0.717, 1.165) is 15.7 Å². The van der Waals surface area contributed by atoms with Crippen LogP contribution in [0.4, 0.5) is 11.4 Å². The third-order valence-electron chi connectivity index (χ3n) is 3.24. The summed E-state index contributed by atoms with van der Waals surface area (Å²) in [5, 5.41) is 20.1. The summed E-state index contributed by atoms with van der Waals surface area (Å²) in [6, 6.07) is 12.7. The van der Waals surface area contributed by atoms with Crippen LogP contribution in [-0.2, 0) is 13.2 Å². The van der Waals surface area contributed by atoms with Gasteiger partial charge >= 0.3 is 0 Å². The maximum absolute atomic E-state index is 10.9. The molecule has 2 aromatic carbocycles. The summed E-state index contributed by atoms with van der Waals surface area (Å²) in [5.74, 6) is 0. The van der Waals surface area contributed by atoms with Crippen LogP contribution in [-0.4, -0.2) is 17.1 Å². The van der Waals surface area contributed by atoms with Crippen LogP contribution in [0, 0.1) is 10.1 Å². The second-order valence-corrected chi connectivity index (χ2v) is 5.53. The molecule has 0 spiro atoms. The zero-order chi connectivity index (χ0) is 15.4. The Morgan fingerprint density at radius 1 is 1.24 bits per heavy atom. The van der Waals surface area contributed by atoms with Gasteiger partial charge in [-0.2, -0.15) is 0 Å². The summed E-state index contributed by atoms with van der Waals surface area (Å²) in [5.41, 5.74) is 2.19. The van der Waals surface area contributed by atoms with Gasteiger partial charge in [0.15, 0.2) is 0 Å². The lowest BCUT2D eigenvalue weighted by atomic mass is 10.1. The van der Waals surface area contributed by atoms with Gasteiger partial charge < -0.3 is 10.0 Å². The highest BCUT2D eigenvalue weighted by Gasteiger charge is 2.15. The molecule has 110 valence electrons. The van der Waals surface area contributed by atoms with E-state index in [1.165, 1.54) is 6.07 Å². The molecule has 0 radical (unpaired) electrons. The van der Waals surface area contributed by atoms with E-state index in [0.29, 0.717) is 12.1 Å². The zero-order valence-corrected chi connectivity index (χ0v) is 13.1. The summed E-state index contributed by atoms with van der Waals surface area (Å²) in [6.07, 6.45) is 0. The maximum Gasteiger partial charge on any atom is 0.275 e. The molecule has 0 saturated carbocycles. The summed E-state index contributed by atoms with van der Waals surface area (Å²) < 4.78 is 1.01. The molecule has 5 nitrogen and oxygen atoms in total. The van der Waals surface area contributed by atoms with Crippen molar-refractivity contribution in [1.82, 2.24) is 0 Å². The van der Waals surface area contributed by atoms with Gasteiger partial charge in [-0.25, -0.2) is 0 Å². The molecule has 0 heterocycles. The van der Waals surface area contributed by atoms with Crippen molar-refractivity contribution in [2.75, 3.05) is 11.9 Å². The predicted molar refractivity (Wildman–Crippen MR) is 85.3 cm³/mol. The molecule has 0 amide bonds. The molecule has 21 heavy (non-hydrogen) atoms. The monoisotopic (exact) mass is 350 g/mol. The summed E-state index contributed by atoms with van der Waals surface area (Å²) in [4.78, 5) is 12.4. The van der Waals surface area contributed by atoms with Crippen LogP contribution in [0.2, 0.25) is 0 Å². The SMILES string of the molecule is CN(Cc1ccccc1Br)c1ccc([N+](=O)[O-])c(CO)c1. The second-order valence-electron chi connectivity index (χ2n) is 4.68. The molecule has 0 aliphatic heterocycles. The molecule has 0 saturated heterocycles. The van der Waals surface area contributed by atoms with E-state index in [1.54, 1.807) is 12.1 Å². The lowest BCUT2D eigenvalue weighted by Crippen LogP contribution is -2.17. The van der Waals surface area contributed by atoms with Gasteiger partial charge in [-0.1, -0.05) is 34.1 Å². The Labute approximate surface area is 131 Å². The lowest BCUT2D eigenvalue weighted by molar-refractivity contribution is -0.385. The first kappa shape index (κ1) is 15.5. The zero-order valence-electron chi connectivity index (χ0n) is 11.5. The minimum atomic E-state index is -0.483. The molecule has 0 aliphatic carbocycles. The number of halogens is 1. The van der Waals surface area contributed by atoms with E-state index < -0.39 is 4.92 Å². The number of aliphatic hydroxyl groups is 1. The number of nitro benzene ring substituents is 1. The molecule has 0 aromatic heterocycles. The largest absolute Gasteiger partial charge is 0.391 e. The van der Waals surface area contributed by atoms with Gasteiger partial charge in [0.2, 0.25) is 0 Å². The molecular weight excluding hydrogens is 336 g/mol. The van der Waals surface area contributed by atoms with E-state index >= 15 is 0 Å². The first-order chi connectivity index (χ1) is 10.0. The Hall–Kier alpha value is -1.92. The van der Waals surface area contributed by atoms with E-state index in [4.69, 9.17) is 0 Å². The van der Waals surface area contributed by atoms with Gasteiger partial charge in [0, 0.05) is 29.8 Å². The number of aliphatic hydroxyl groups excluding tert-OH is 1. The van der Waals surface area contributed by atoms with Gasteiger partial charge in [0.1, 0.15) is 0 Å². The molecular formula is C15H15BrN2O3. The number of rotatable bonds is 5. The highest BCUT2D eigenvalue weighted by atomic mass is 79.9. The molecule has 2 aromatic rings. The van der Waals surface area contributed by atoms with E-state index in [1.807, 2.05) is 36.2 Å². The molecule has 2 rings (SSSR count). The van der Waals surface area contributed by atoms with E-state index in [9.17, 15) is 15.2 Å². The Morgan fingerprint density at radius 2 is 1.95 bits per heavy atom. The van der Waals surface area contributed by atoms with Crippen LogP contribution in [0.15, 0.2) is 46.9 Å². The minimum absolute atomic E-state index is 0.0597. The van der Waals surface area contributed by atoms with E-state index in [-0.39, 0.29) is 12.3 Å². The fraction of sp³-hybridized carbons (Fsp3) is 0.200. The second kappa shape index (κ2) is 6.69. The lowest BCUT2D eigenvalue weighted by Gasteiger charge is -2.20. The van der Waals surface area contributed by atoms with Crippen molar-refractivity contribution in [1.29, 1.82) is 0 Å². The topological polar surface area (TPSA) is 66.6 Å². The van der Waals surface area contributed by atoms with Gasteiger partial charge in [0.25, 0.3) is 5.69 Å².